The highest BCUT2D eigenvalue weighted by molar-refractivity contribution is 7.97. The first-order valence-corrected chi connectivity index (χ1v) is 9.46. The van der Waals surface area contributed by atoms with Crippen molar-refractivity contribution in [1.29, 1.82) is 0 Å². The van der Waals surface area contributed by atoms with Gasteiger partial charge in [0.1, 0.15) is 0 Å². The largest absolute Gasteiger partial charge is 0.481 e. The second kappa shape index (κ2) is 9.02. The summed E-state index contributed by atoms with van der Waals surface area (Å²) in [6, 6.07) is 8.27. The van der Waals surface area contributed by atoms with E-state index < -0.39 is 0 Å². The van der Waals surface area contributed by atoms with E-state index >= 15 is 0 Å². The van der Waals surface area contributed by atoms with Crippen LogP contribution in [0.3, 0.4) is 0 Å². The Balaban J connectivity index is 1.56. The van der Waals surface area contributed by atoms with Gasteiger partial charge in [-0.2, -0.15) is 0 Å². The van der Waals surface area contributed by atoms with E-state index in [-0.39, 0.29) is 5.91 Å². The predicted octanol–water partition coefficient (Wildman–Crippen LogP) is 2.17. The molecule has 1 aliphatic rings. The smallest absolute Gasteiger partial charge is 0.243 e. The van der Waals surface area contributed by atoms with Crippen LogP contribution >= 0.6 is 11.9 Å². The monoisotopic (exact) mass is 372 g/mol. The number of hydrogen-bond acceptors (Lipinski definition) is 6. The zero-order valence-electron chi connectivity index (χ0n) is 15.0. The number of pyridine rings is 1. The van der Waals surface area contributed by atoms with E-state index in [0.717, 1.165) is 38.1 Å². The number of fused-ring (bicyclic) bond motifs is 1. The van der Waals surface area contributed by atoms with E-state index in [2.05, 4.69) is 32.2 Å². The number of carbonyl (C=O) groups excluding carboxylic acids is 1. The Bertz CT molecular complexity index is 775. The second-order valence-electron chi connectivity index (χ2n) is 6.03. The molecule has 1 aromatic carbocycles. The van der Waals surface area contributed by atoms with Crippen LogP contribution in [0.4, 0.5) is 0 Å². The summed E-state index contributed by atoms with van der Waals surface area (Å²) < 4.78 is 7.76. The highest BCUT2D eigenvalue weighted by Crippen LogP contribution is 2.33. The molecule has 1 saturated heterocycles. The van der Waals surface area contributed by atoms with Crippen LogP contribution in [-0.2, 0) is 4.79 Å². The van der Waals surface area contributed by atoms with E-state index in [0.29, 0.717) is 12.4 Å². The molecule has 7 heteroatoms. The van der Waals surface area contributed by atoms with Crippen molar-refractivity contribution in [2.24, 2.45) is 0 Å². The quantitative estimate of drug-likeness (QED) is 0.594. The van der Waals surface area contributed by atoms with Gasteiger partial charge in [0.05, 0.1) is 7.11 Å². The van der Waals surface area contributed by atoms with Gasteiger partial charge in [-0.3, -0.25) is 9.69 Å². The minimum absolute atomic E-state index is 0.111. The highest BCUT2D eigenvalue weighted by Gasteiger charge is 2.18. The van der Waals surface area contributed by atoms with Gasteiger partial charge in [0.25, 0.3) is 0 Å². The Labute approximate surface area is 158 Å². The van der Waals surface area contributed by atoms with Crippen LogP contribution in [0.1, 0.15) is 0 Å². The first-order chi connectivity index (χ1) is 12.7. The zero-order chi connectivity index (χ0) is 18.4. The van der Waals surface area contributed by atoms with Crippen molar-refractivity contribution in [1.82, 2.24) is 19.5 Å². The third kappa shape index (κ3) is 4.55. The predicted molar refractivity (Wildman–Crippen MR) is 105 cm³/mol. The van der Waals surface area contributed by atoms with Crippen molar-refractivity contribution in [3.63, 3.8) is 0 Å². The number of rotatable bonds is 7. The Hall–Kier alpha value is -2.09. The Morgan fingerprint density at radius 3 is 2.85 bits per heavy atom. The Morgan fingerprint density at radius 1 is 1.31 bits per heavy atom. The van der Waals surface area contributed by atoms with Gasteiger partial charge in [0.2, 0.25) is 11.8 Å². The van der Waals surface area contributed by atoms with Gasteiger partial charge in [-0.1, -0.05) is 12.6 Å². The van der Waals surface area contributed by atoms with Crippen LogP contribution < -0.4 is 10.1 Å². The van der Waals surface area contributed by atoms with E-state index in [1.165, 1.54) is 16.4 Å². The summed E-state index contributed by atoms with van der Waals surface area (Å²) in [6.45, 7) is 8.95. The molecule has 26 heavy (non-hydrogen) atoms. The van der Waals surface area contributed by atoms with E-state index in [4.69, 9.17) is 4.74 Å². The van der Waals surface area contributed by atoms with Crippen LogP contribution in [0.25, 0.3) is 10.8 Å². The maximum atomic E-state index is 11.2. The van der Waals surface area contributed by atoms with Gasteiger partial charge in [-0.25, -0.2) is 9.29 Å². The molecule has 2 heterocycles. The molecule has 0 aliphatic carbocycles. The number of benzene rings is 1. The molecule has 1 fully saturated rings. The fourth-order valence-corrected chi connectivity index (χ4v) is 4.03. The summed E-state index contributed by atoms with van der Waals surface area (Å²) in [5, 5.41) is 5.03. The lowest BCUT2D eigenvalue weighted by atomic mass is 10.2. The van der Waals surface area contributed by atoms with Crippen LogP contribution in [0.5, 0.6) is 5.88 Å². The van der Waals surface area contributed by atoms with Crippen molar-refractivity contribution in [3.8, 4) is 5.88 Å². The second-order valence-corrected chi connectivity index (χ2v) is 7.17. The van der Waals surface area contributed by atoms with Crippen LogP contribution in [0.2, 0.25) is 0 Å². The van der Waals surface area contributed by atoms with Crippen molar-refractivity contribution in [2.45, 2.75) is 4.90 Å². The van der Waals surface area contributed by atoms with Gasteiger partial charge in [-0.05, 0) is 36.2 Å². The average Bonchev–Trinajstić information content (AvgIpc) is 2.69. The molecule has 0 unspecified atom stereocenters. The highest BCUT2D eigenvalue weighted by atomic mass is 32.2. The molecule has 0 atom stereocenters. The summed E-state index contributed by atoms with van der Waals surface area (Å²) in [7, 11) is 1.65. The van der Waals surface area contributed by atoms with Crippen molar-refractivity contribution < 1.29 is 9.53 Å². The number of carbonyl (C=O) groups is 1. The molecule has 1 N–H and O–H groups in total. The molecule has 0 bridgehead atoms. The SMILES string of the molecule is C=CC(=O)NCCN1CCN(Sc2cccc3c(OC)nccc23)CC1. The van der Waals surface area contributed by atoms with Gasteiger partial charge >= 0.3 is 0 Å². The minimum Gasteiger partial charge on any atom is -0.481 e. The molecule has 2 aromatic rings. The van der Waals surface area contributed by atoms with Gasteiger partial charge in [-0.15, -0.1) is 0 Å². The summed E-state index contributed by atoms with van der Waals surface area (Å²) in [4.78, 5) is 19.1. The Kier molecular flexibility index (Phi) is 6.49. The normalized spacial score (nSPS) is 15.7. The molecule has 6 nitrogen and oxygen atoms in total. The number of hydrogen-bond donors (Lipinski definition) is 1. The van der Waals surface area contributed by atoms with Gasteiger partial charge in [0.15, 0.2) is 0 Å². The maximum absolute atomic E-state index is 11.2. The number of nitrogens with zero attached hydrogens (tertiary/aromatic N) is 3. The van der Waals surface area contributed by atoms with Gasteiger partial charge in [0, 0.05) is 61.1 Å². The first kappa shape index (κ1) is 18.7. The molecular weight excluding hydrogens is 348 g/mol. The molecule has 1 aromatic heterocycles. The first-order valence-electron chi connectivity index (χ1n) is 8.68. The number of amides is 1. The van der Waals surface area contributed by atoms with Crippen LogP contribution in [-0.4, -0.2) is 66.5 Å². The molecular formula is C19H24N4O2S. The van der Waals surface area contributed by atoms with E-state index in [1.807, 2.05) is 18.2 Å². The molecule has 3 rings (SSSR count). The fraction of sp³-hybridized carbons (Fsp3) is 0.368. The number of ether oxygens (including phenoxy) is 1. The summed E-state index contributed by atoms with van der Waals surface area (Å²) in [6.07, 6.45) is 3.10. The number of methoxy groups -OCH3 is 1. The van der Waals surface area contributed by atoms with Crippen LogP contribution in [0, 0.1) is 0 Å². The number of aromatic nitrogens is 1. The summed E-state index contributed by atoms with van der Waals surface area (Å²) in [5.41, 5.74) is 0. The molecule has 1 amide bonds. The standard InChI is InChI=1S/C19H24N4O2S/c1-3-18(24)20-9-10-22-11-13-23(14-12-22)26-17-6-4-5-16-15(17)7-8-21-19(16)25-2/h3-8H,1,9-14H2,2H3,(H,20,24). The fourth-order valence-electron chi connectivity index (χ4n) is 2.99. The molecule has 0 radical (unpaired) electrons. The molecule has 138 valence electrons. The average molecular weight is 372 g/mol. The number of piperazine rings is 1. The Morgan fingerprint density at radius 2 is 2.12 bits per heavy atom. The van der Waals surface area contributed by atoms with Crippen molar-refractivity contribution >= 4 is 28.6 Å². The summed E-state index contributed by atoms with van der Waals surface area (Å²) in [5.74, 6) is 0.552. The lowest BCUT2D eigenvalue weighted by Gasteiger charge is -2.33. The lowest BCUT2D eigenvalue weighted by molar-refractivity contribution is -0.116. The third-order valence-electron chi connectivity index (χ3n) is 4.39. The van der Waals surface area contributed by atoms with Crippen molar-refractivity contribution in [3.05, 3.63) is 43.1 Å². The maximum Gasteiger partial charge on any atom is 0.243 e. The molecule has 1 aliphatic heterocycles. The third-order valence-corrected chi connectivity index (χ3v) is 5.57. The van der Waals surface area contributed by atoms with E-state index in [1.54, 1.807) is 25.3 Å². The molecule has 0 spiro atoms. The topological polar surface area (TPSA) is 57.7 Å². The molecule has 0 saturated carbocycles. The van der Waals surface area contributed by atoms with Gasteiger partial charge < -0.3 is 10.1 Å². The summed E-state index contributed by atoms with van der Waals surface area (Å²) >= 11 is 1.79. The van der Waals surface area contributed by atoms with Crippen LogP contribution in [0.15, 0.2) is 48.0 Å². The zero-order valence-corrected chi connectivity index (χ0v) is 15.8. The lowest BCUT2D eigenvalue weighted by Crippen LogP contribution is -2.46. The van der Waals surface area contributed by atoms with Crippen molar-refractivity contribution in [2.75, 3.05) is 46.4 Å². The minimum atomic E-state index is -0.111. The number of nitrogens with one attached hydrogen (secondary N) is 1. The van der Waals surface area contributed by atoms with E-state index in [9.17, 15) is 4.79 Å².